The summed E-state index contributed by atoms with van der Waals surface area (Å²) in [6.07, 6.45) is 0.294. The summed E-state index contributed by atoms with van der Waals surface area (Å²) in [7, 11) is -3.13. The zero-order valence-corrected chi connectivity index (χ0v) is 15.4. The van der Waals surface area contributed by atoms with Crippen molar-refractivity contribution < 1.29 is 13.6 Å². The third kappa shape index (κ3) is 2.83. The zero-order valence-electron chi connectivity index (χ0n) is 14.5. The third-order valence-electron chi connectivity index (χ3n) is 4.63. The van der Waals surface area contributed by atoms with Gasteiger partial charge in [0, 0.05) is 0 Å². The first-order valence-corrected chi connectivity index (χ1v) is 10.4. The predicted molar refractivity (Wildman–Crippen MR) is 105 cm³/mol. The van der Waals surface area contributed by atoms with E-state index in [0.29, 0.717) is 19.4 Å². The lowest BCUT2D eigenvalue weighted by atomic mass is 9.92. The highest BCUT2D eigenvalue weighted by Gasteiger charge is 2.25. The molecular weight excluding hydrogens is 331 g/mol. The van der Waals surface area contributed by atoms with E-state index in [1.54, 1.807) is 0 Å². The van der Waals surface area contributed by atoms with E-state index in [2.05, 4.69) is 48.5 Å². The SMILES string of the molecule is CCOP(=O)(Cc1ccc2ccc3cccc4ccc1c2c34)OCC. The van der Waals surface area contributed by atoms with Crippen LogP contribution in [0.15, 0.2) is 54.6 Å². The van der Waals surface area contributed by atoms with Crippen molar-refractivity contribution in [3.05, 3.63) is 60.2 Å². The molecule has 0 atom stereocenters. The van der Waals surface area contributed by atoms with Crippen molar-refractivity contribution in [2.24, 2.45) is 0 Å². The van der Waals surface area contributed by atoms with Crippen LogP contribution in [-0.2, 0) is 19.8 Å². The Labute approximate surface area is 147 Å². The Morgan fingerprint density at radius 3 is 1.96 bits per heavy atom. The first-order valence-electron chi connectivity index (χ1n) is 8.69. The van der Waals surface area contributed by atoms with Crippen LogP contribution in [-0.4, -0.2) is 13.2 Å². The fraction of sp³-hybridized carbons (Fsp3) is 0.238. The quantitative estimate of drug-likeness (QED) is 0.300. The highest BCUT2D eigenvalue weighted by atomic mass is 31.2. The molecule has 4 heteroatoms. The largest absolute Gasteiger partial charge is 0.335 e. The molecule has 4 rings (SSSR count). The van der Waals surface area contributed by atoms with Crippen LogP contribution < -0.4 is 0 Å². The molecule has 0 fully saturated rings. The molecule has 0 aliphatic heterocycles. The molecule has 25 heavy (non-hydrogen) atoms. The van der Waals surface area contributed by atoms with Crippen molar-refractivity contribution in [1.82, 2.24) is 0 Å². The first-order chi connectivity index (χ1) is 12.1. The predicted octanol–water partition coefficient (Wildman–Crippen LogP) is 6.35. The van der Waals surface area contributed by atoms with E-state index in [1.807, 2.05) is 19.9 Å². The standard InChI is InChI=1S/C21H21O3P/c1-3-23-25(22,24-4-2)14-18-11-10-17-9-8-15-6-5-7-16-12-13-19(18)21(17)20(15)16/h5-13H,3-4,14H2,1-2H3. The molecule has 128 valence electrons. The maximum Gasteiger partial charge on any atom is 0.335 e. The van der Waals surface area contributed by atoms with Crippen LogP contribution in [0.25, 0.3) is 32.3 Å². The molecule has 0 amide bonds. The van der Waals surface area contributed by atoms with E-state index in [9.17, 15) is 4.57 Å². The summed E-state index contributed by atoms with van der Waals surface area (Å²) in [6.45, 7) is 4.44. The second-order valence-electron chi connectivity index (χ2n) is 6.19. The third-order valence-corrected chi connectivity index (χ3v) is 6.67. The number of benzene rings is 4. The Kier molecular flexibility index (Phi) is 4.24. The van der Waals surface area contributed by atoms with Crippen LogP contribution in [0.5, 0.6) is 0 Å². The van der Waals surface area contributed by atoms with Gasteiger partial charge in [0.25, 0.3) is 0 Å². The van der Waals surface area contributed by atoms with Gasteiger partial charge in [0.2, 0.25) is 0 Å². The van der Waals surface area contributed by atoms with Gasteiger partial charge < -0.3 is 9.05 Å². The van der Waals surface area contributed by atoms with Crippen molar-refractivity contribution >= 4 is 39.9 Å². The number of hydrogen-bond acceptors (Lipinski definition) is 3. The molecule has 0 saturated carbocycles. The topological polar surface area (TPSA) is 35.5 Å². The summed E-state index contributed by atoms with van der Waals surface area (Å²) in [5.74, 6) is 0. The highest BCUT2D eigenvalue weighted by Crippen LogP contribution is 2.52. The zero-order chi connectivity index (χ0) is 17.4. The molecule has 0 aromatic heterocycles. The van der Waals surface area contributed by atoms with Gasteiger partial charge in [-0.05, 0) is 51.7 Å². The molecule has 0 N–H and O–H groups in total. The normalized spacial score (nSPS) is 12.6. The minimum atomic E-state index is -3.13. The average molecular weight is 352 g/mol. The summed E-state index contributed by atoms with van der Waals surface area (Å²) < 4.78 is 24.0. The molecule has 0 heterocycles. The molecule has 0 aliphatic carbocycles. The van der Waals surface area contributed by atoms with Gasteiger partial charge in [-0.1, -0.05) is 54.6 Å². The van der Waals surface area contributed by atoms with E-state index < -0.39 is 7.60 Å². The van der Waals surface area contributed by atoms with Crippen molar-refractivity contribution in [2.45, 2.75) is 20.0 Å². The van der Waals surface area contributed by atoms with E-state index in [0.717, 1.165) is 10.9 Å². The summed E-state index contributed by atoms with van der Waals surface area (Å²) in [5, 5.41) is 7.28. The van der Waals surface area contributed by atoms with Gasteiger partial charge >= 0.3 is 7.60 Å². The Balaban J connectivity index is 1.94. The van der Waals surface area contributed by atoms with Gasteiger partial charge in [-0.2, -0.15) is 0 Å². The van der Waals surface area contributed by atoms with Crippen molar-refractivity contribution in [3.63, 3.8) is 0 Å². The summed E-state index contributed by atoms with van der Waals surface area (Å²) in [5.41, 5.74) is 1.01. The average Bonchev–Trinajstić information content (AvgIpc) is 2.61. The lowest BCUT2D eigenvalue weighted by molar-refractivity contribution is 0.219. The molecule has 3 nitrogen and oxygen atoms in total. The van der Waals surface area contributed by atoms with Gasteiger partial charge in [-0.25, -0.2) is 0 Å². The molecule has 4 aromatic carbocycles. The van der Waals surface area contributed by atoms with Crippen LogP contribution in [0, 0.1) is 0 Å². The van der Waals surface area contributed by atoms with E-state index in [4.69, 9.17) is 9.05 Å². The molecule has 0 spiro atoms. The molecule has 0 bridgehead atoms. The Bertz CT molecular complexity index is 1060. The maximum absolute atomic E-state index is 13.0. The van der Waals surface area contributed by atoms with Crippen LogP contribution >= 0.6 is 7.60 Å². The van der Waals surface area contributed by atoms with Gasteiger partial charge in [-0.15, -0.1) is 0 Å². The smallest absolute Gasteiger partial charge is 0.309 e. The Morgan fingerprint density at radius 2 is 1.32 bits per heavy atom. The lowest BCUT2D eigenvalue weighted by Crippen LogP contribution is -2.00. The monoisotopic (exact) mass is 352 g/mol. The van der Waals surface area contributed by atoms with E-state index in [-0.39, 0.29) is 0 Å². The molecule has 0 aliphatic rings. The number of hydrogen-bond donors (Lipinski definition) is 0. The number of rotatable bonds is 6. The first kappa shape index (κ1) is 16.5. The maximum atomic E-state index is 13.0. The van der Waals surface area contributed by atoms with Crippen molar-refractivity contribution in [2.75, 3.05) is 13.2 Å². The van der Waals surface area contributed by atoms with Crippen LogP contribution in [0.3, 0.4) is 0 Å². The Hall–Kier alpha value is -1.93. The Morgan fingerprint density at radius 1 is 0.760 bits per heavy atom. The minimum Gasteiger partial charge on any atom is -0.309 e. The summed E-state index contributed by atoms with van der Waals surface area (Å²) in [6, 6.07) is 19.1. The fourth-order valence-corrected chi connectivity index (χ4v) is 5.40. The van der Waals surface area contributed by atoms with Crippen LogP contribution in [0.2, 0.25) is 0 Å². The molecule has 0 radical (unpaired) electrons. The van der Waals surface area contributed by atoms with Crippen molar-refractivity contribution in [1.29, 1.82) is 0 Å². The van der Waals surface area contributed by atoms with Crippen LogP contribution in [0.4, 0.5) is 0 Å². The second kappa shape index (κ2) is 6.42. The molecular formula is C21H21O3P. The summed E-state index contributed by atoms with van der Waals surface area (Å²) in [4.78, 5) is 0. The molecule has 4 aromatic rings. The second-order valence-corrected chi connectivity index (χ2v) is 8.24. The van der Waals surface area contributed by atoms with E-state index in [1.165, 1.54) is 26.9 Å². The van der Waals surface area contributed by atoms with Gasteiger partial charge in [0.15, 0.2) is 0 Å². The molecule has 0 saturated heterocycles. The van der Waals surface area contributed by atoms with Gasteiger partial charge in [0.1, 0.15) is 0 Å². The lowest BCUT2D eigenvalue weighted by Gasteiger charge is -2.19. The molecule has 0 unspecified atom stereocenters. The minimum absolute atomic E-state index is 0.294. The van der Waals surface area contributed by atoms with Gasteiger partial charge in [0.05, 0.1) is 19.4 Å². The highest BCUT2D eigenvalue weighted by molar-refractivity contribution is 7.53. The summed E-state index contributed by atoms with van der Waals surface area (Å²) >= 11 is 0. The van der Waals surface area contributed by atoms with Crippen LogP contribution in [0.1, 0.15) is 19.4 Å². The fourth-order valence-electron chi connectivity index (χ4n) is 3.66. The van der Waals surface area contributed by atoms with E-state index >= 15 is 0 Å². The van der Waals surface area contributed by atoms with Gasteiger partial charge in [-0.3, -0.25) is 4.57 Å². The van der Waals surface area contributed by atoms with Crippen molar-refractivity contribution in [3.8, 4) is 0 Å².